The van der Waals surface area contributed by atoms with E-state index in [9.17, 15) is 9.59 Å². The van der Waals surface area contributed by atoms with Crippen LogP contribution in [0.3, 0.4) is 0 Å². The van der Waals surface area contributed by atoms with Crippen molar-refractivity contribution in [1.82, 2.24) is 36.1 Å². The molecule has 3 aromatic heterocycles. The molecule has 0 unspecified atom stereocenters. The normalized spacial score (nSPS) is 16.3. The number of urea groups is 1. The Morgan fingerprint density at radius 1 is 1.28 bits per heavy atom. The van der Waals surface area contributed by atoms with Crippen LogP contribution in [0.5, 0.6) is 0 Å². The number of pyridine rings is 1. The van der Waals surface area contributed by atoms with Gasteiger partial charge in [0.25, 0.3) is 5.91 Å². The van der Waals surface area contributed by atoms with E-state index in [1.165, 1.54) is 12.5 Å². The van der Waals surface area contributed by atoms with Gasteiger partial charge >= 0.3 is 6.03 Å². The first-order valence-electron chi connectivity index (χ1n) is 9.02. The lowest BCUT2D eigenvalue weighted by atomic mass is 9.97. The number of nitrogens with zero attached hydrogens (tertiary/aromatic N) is 3. The molecular weight excluding hydrogens is 374 g/mol. The van der Waals surface area contributed by atoms with Crippen LogP contribution in [0.2, 0.25) is 0 Å². The van der Waals surface area contributed by atoms with Crippen LogP contribution in [-0.4, -0.2) is 38.6 Å². The molecule has 4 heterocycles. The Morgan fingerprint density at radius 2 is 2.10 bits per heavy atom. The predicted molar refractivity (Wildman–Crippen MR) is 102 cm³/mol. The van der Waals surface area contributed by atoms with Crippen LogP contribution in [0.15, 0.2) is 58.8 Å². The van der Waals surface area contributed by atoms with Crippen LogP contribution in [0.25, 0.3) is 11.4 Å². The van der Waals surface area contributed by atoms with Crippen molar-refractivity contribution in [2.24, 2.45) is 0 Å². The number of carbonyl (C=O) groups excluding carboxylic acids is 2. The predicted octanol–water partition coefficient (Wildman–Crippen LogP) is 1.45. The zero-order chi connectivity index (χ0) is 20.2. The zero-order valence-corrected chi connectivity index (χ0v) is 15.6. The number of amides is 3. The summed E-state index contributed by atoms with van der Waals surface area (Å²) in [4.78, 5) is 33.0. The maximum absolute atomic E-state index is 12.8. The Kier molecular flexibility index (Phi) is 5.06. The third-order valence-electron chi connectivity index (χ3n) is 4.51. The quantitative estimate of drug-likeness (QED) is 0.500. The summed E-state index contributed by atoms with van der Waals surface area (Å²) in [5, 5.41) is 15.3. The number of nitrogens with one attached hydrogen (secondary N) is 4. The van der Waals surface area contributed by atoms with Gasteiger partial charge in [-0.25, -0.2) is 9.78 Å². The highest BCUT2D eigenvalue weighted by Crippen LogP contribution is 2.26. The molecule has 1 aliphatic rings. The summed E-state index contributed by atoms with van der Waals surface area (Å²) < 4.78 is 5.09. The molecule has 1 atom stereocenters. The van der Waals surface area contributed by atoms with Gasteiger partial charge < -0.3 is 20.4 Å². The number of rotatable bonds is 6. The summed E-state index contributed by atoms with van der Waals surface area (Å²) in [6, 6.07) is 4.42. The second kappa shape index (κ2) is 7.97. The molecule has 0 saturated carbocycles. The topological polar surface area (TPSA) is 138 Å². The highest BCUT2D eigenvalue weighted by Gasteiger charge is 2.31. The molecule has 0 aliphatic carbocycles. The van der Waals surface area contributed by atoms with E-state index >= 15 is 0 Å². The number of H-pyrrole nitrogens is 1. The lowest BCUT2D eigenvalue weighted by molar-refractivity contribution is -0.117. The first-order valence-corrected chi connectivity index (χ1v) is 9.02. The van der Waals surface area contributed by atoms with Crippen LogP contribution in [0, 0.1) is 0 Å². The molecule has 4 rings (SSSR count). The molecule has 0 saturated heterocycles. The molecule has 10 heteroatoms. The van der Waals surface area contributed by atoms with Gasteiger partial charge in [-0.3, -0.25) is 14.9 Å². The molecular formula is C19H19N7O3. The van der Waals surface area contributed by atoms with E-state index < -0.39 is 6.04 Å². The van der Waals surface area contributed by atoms with Crippen molar-refractivity contribution in [3.8, 4) is 11.4 Å². The fraction of sp³-hybridized carbons (Fsp3) is 0.211. The number of allylic oxidation sites excluding steroid dienone is 1. The summed E-state index contributed by atoms with van der Waals surface area (Å²) in [5.74, 6) is 0.950. The van der Waals surface area contributed by atoms with Crippen molar-refractivity contribution in [2.45, 2.75) is 19.4 Å². The molecule has 29 heavy (non-hydrogen) atoms. The molecule has 0 radical (unpaired) electrons. The van der Waals surface area contributed by atoms with E-state index in [4.69, 9.17) is 4.42 Å². The van der Waals surface area contributed by atoms with E-state index in [0.29, 0.717) is 41.4 Å². The maximum Gasteiger partial charge on any atom is 0.319 e. The molecule has 0 aromatic carbocycles. The summed E-state index contributed by atoms with van der Waals surface area (Å²) in [7, 11) is 0. The average molecular weight is 393 g/mol. The zero-order valence-electron chi connectivity index (χ0n) is 15.6. The highest BCUT2D eigenvalue weighted by molar-refractivity contribution is 5.98. The highest BCUT2D eigenvalue weighted by atomic mass is 16.3. The van der Waals surface area contributed by atoms with Crippen LogP contribution >= 0.6 is 0 Å². The SMILES string of the molecule is CC1=C(C(=O)NCCc2nc(-c3ccncc3)n[nH]2)[C@H](c2ccoc2)NC(=O)N1. The van der Waals surface area contributed by atoms with E-state index in [0.717, 1.165) is 5.56 Å². The Morgan fingerprint density at radius 3 is 2.86 bits per heavy atom. The smallest absolute Gasteiger partial charge is 0.319 e. The number of aromatic nitrogens is 4. The molecule has 1 aliphatic heterocycles. The number of furan rings is 1. The van der Waals surface area contributed by atoms with Gasteiger partial charge in [-0.2, -0.15) is 5.10 Å². The Hall–Kier alpha value is -3.95. The molecule has 10 nitrogen and oxygen atoms in total. The summed E-state index contributed by atoms with van der Waals surface area (Å²) in [6.45, 7) is 2.05. The number of carbonyl (C=O) groups is 2. The second-order valence-electron chi connectivity index (χ2n) is 6.47. The van der Waals surface area contributed by atoms with Crippen LogP contribution in [0.1, 0.15) is 24.4 Å². The molecule has 3 aromatic rings. The van der Waals surface area contributed by atoms with Crippen molar-refractivity contribution in [1.29, 1.82) is 0 Å². The van der Waals surface area contributed by atoms with E-state index in [2.05, 4.69) is 36.1 Å². The van der Waals surface area contributed by atoms with Crippen molar-refractivity contribution in [3.05, 3.63) is 65.8 Å². The standard InChI is InChI=1S/C19H19N7O3/c1-11-15(16(24-19(28)22-11)13-5-9-29-10-13)18(27)21-8-4-14-23-17(26-25-14)12-2-6-20-7-3-12/h2-3,5-7,9-10,16H,4,8H2,1H3,(H,21,27)(H2,22,24,28)(H,23,25,26)/t16-/m0/s1. The van der Waals surface area contributed by atoms with Gasteiger partial charge in [0.1, 0.15) is 5.82 Å². The first kappa shape index (κ1) is 18.4. The molecule has 3 amide bonds. The Balaban J connectivity index is 1.41. The largest absolute Gasteiger partial charge is 0.472 e. The number of aromatic amines is 1. The van der Waals surface area contributed by atoms with E-state index in [1.807, 2.05) is 12.1 Å². The fourth-order valence-electron chi connectivity index (χ4n) is 3.11. The van der Waals surface area contributed by atoms with E-state index in [1.54, 1.807) is 25.4 Å². The lowest BCUT2D eigenvalue weighted by Gasteiger charge is -2.27. The molecule has 4 N–H and O–H groups in total. The average Bonchev–Trinajstić information content (AvgIpc) is 3.40. The van der Waals surface area contributed by atoms with Gasteiger partial charge in [0.05, 0.1) is 24.1 Å². The molecule has 148 valence electrons. The minimum atomic E-state index is -0.578. The maximum atomic E-state index is 12.8. The van der Waals surface area contributed by atoms with Crippen molar-refractivity contribution >= 4 is 11.9 Å². The van der Waals surface area contributed by atoms with Crippen LogP contribution in [0.4, 0.5) is 4.79 Å². The van der Waals surface area contributed by atoms with Gasteiger partial charge in [-0.15, -0.1) is 0 Å². The first-order chi connectivity index (χ1) is 14.1. The fourth-order valence-corrected chi connectivity index (χ4v) is 3.11. The second-order valence-corrected chi connectivity index (χ2v) is 6.47. The van der Waals surface area contributed by atoms with Gasteiger partial charge in [0, 0.05) is 42.2 Å². The minimum Gasteiger partial charge on any atom is -0.472 e. The van der Waals surface area contributed by atoms with Crippen molar-refractivity contribution in [2.75, 3.05) is 6.54 Å². The minimum absolute atomic E-state index is 0.282. The monoisotopic (exact) mass is 393 g/mol. The van der Waals surface area contributed by atoms with Gasteiger partial charge in [-0.05, 0) is 25.1 Å². The van der Waals surface area contributed by atoms with Crippen molar-refractivity contribution in [3.63, 3.8) is 0 Å². The third kappa shape index (κ3) is 4.00. The number of hydrogen-bond donors (Lipinski definition) is 4. The van der Waals surface area contributed by atoms with Gasteiger partial charge in [0.2, 0.25) is 0 Å². The molecule has 0 fully saturated rings. The molecule has 0 bridgehead atoms. The number of hydrogen-bond acceptors (Lipinski definition) is 6. The van der Waals surface area contributed by atoms with Gasteiger partial charge in [-0.1, -0.05) is 0 Å². The van der Waals surface area contributed by atoms with E-state index in [-0.39, 0.29) is 11.9 Å². The third-order valence-corrected chi connectivity index (χ3v) is 4.51. The van der Waals surface area contributed by atoms with Gasteiger partial charge in [0.15, 0.2) is 5.82 Å². The lowest BCUT2D eigenvalue weighted by Crippen LogP contribution is -2.47. The summed E-state index contributed by atoms with van der Waals surface area (Å²) in [6.07, 6.45) is 6.83. The van der Waals surface area contributed by atoms with Crippen molar-refractivity contribution < 1.29 is 14.0 Å². The Bertz CT molecular complexity index is 1040. The Labute approximate surface area is 165 Å². The molecule has 0 spiro atoms. The summed E-state index contributed by atoms with van der Waals surface area (Å²) in [5.41, 5.74) is 2.49. The summed E-state index contributed by atoms with van der Waals surface area (Å²) >= 11 is 0. The van der Waals surface area contributed by atoms with Crippen LogP contribution < -0.4 is 16.0 Å². The van der Waals surface area contributed by atoms with Crippen LogP contribution in [-0.2, 0) is 11.2 Å².